The number of urea groups is 1. The Morgan fingerprint density at radius 2 is 1.74 bits per heavy atom. The van der Waals surface area contributed by atoms with Crippen LogP contribution >= 0.6 is 0 Å². The van der Waals surface area contributed by atoms with Gasteiger partial charge in [0, 0.05) is 27.3 Å². The topological polar surface area (TPSA) is 117 Å². The van der Waals surface area contributed by atoms with Gasteiger partial charge in [-0.05, 0) is 13.3 Å². The highest BCUT2D eigenvalue weighted by Gasteiger charge is 2.48. The highest BCUT2D eigenvalue weighted by molar-refractivity contribution is 7.87. The molecule has 0 saturated carbocycles. The van der Waals surface area contributed by atoms with Crippen LogP contribution in [0.4, 0.5) is 4.79 Å². The normalized spacial score (nSPS) is 22.0. The van der Waals surface area contributed by atoms with E-state index in [1.807, 2.05) is 4.83 Å². The molecule has 1 heterocycles. The maximum Gasteiger partial charge on any atom is 0.340 e. The van der Waals surface area contributed by atoms with Crippen molar-refractivity contribution < 1.29 is 27.5 Å². The number of methoxy groups -OCH3 is 2. The molecule has 0 aromatic heterocycles. The van der Waals surface area contributed by atoms with E-state index in [0.717, 1.165) is 4.31 Å². The molecule has 10 nitrogen and oxygen atoms in total. The number of ether oxygens (including phenoxy) is 2. The van der Waals surface area contributed by atoms with Crippen LogP contribution in [-0.2, 0) is 24.5 Å². The fraction of sp³-hybridized carbons (Fsp3) is 0.833. The van der Waals surface area contributed by atoms with Gasteiger partial charge in [-0.25, -0.2) is 4.79 Å². The van der Waals surface area contributed by atoms with E-state index >= 15 is 0 Å². The van der Waals surface area contributed by atoms with Crippen molar-refractivity contribution in [1.29, 1.82) is 0 Å². The molecule has 0 aromatic carbocycles. The Balaban J connectivity index is 2.90. The summed E-state index contributed by atoms with van der Waals surface area (Å²) in [7, 11) is -1.22. The van der Waals surface area contributed by atoms with Crippen molar-refractivity contribution in [3.63, 3.8) is 0 Å². The fourth-order valence-corrected chi connectivity index (χ4v) is 3.06. The molecule has 0 unspecified atom stereocenters. The molecular weight excluding hydrogens is 328 g/mol. The highest BCUT2D eigenvalue weighted by Crippen LogP contribution is 2.19. The number of nitrogens with zero attached hydrogens (tertiary/aromatic N) is 2. The van der Waals surface area contributed by atoms with Gasteiger partial charge in [-0.2, -0.15) is 17.7 Å². The van der Waals surface area contributed by atoms with E-state index in [0.29, 0.717) is 11.4 Å². The maximum absolute atomic E-state index is 12.4. The number of carbonyl (C=O) groups excluding carboxylic acids is 2. The van der Waals surface area contributed by atoms with Crippen LogP contribution in [-0.4, -0.2) is 75.7 Å². The Bertz CT molecular complexity index is 532. The standard InChI is InChI=1S/C12H24N4O6S/c1-5-12(2)10(17)16(11(18)13-12)14-23(19,20)15(6-8-21-3)7-9-22-4/h14H,5-9H2,1-4H3,(H,13,18)/t12-/m1/s1. The quantitative estimate of drug-likeness (QED) is 0.490. The van der Waals surface area contributed by atoms with Crippen LogP contribution in [0.25, 0.3) is 0 Å². The Morgan fingerprint density at radius 3 is 2.13 bits per heavy atom. The molecule has 3 amide bonds. The first-order chi connectivity index (χ1) is 10.7. The lowest BCUT2D eigenvalue weighted by Gasteiger charge is -2.25. The van der Waals surface area contributed by atoms with E-state index in [-0.39, 0.29) is 26.3 Å². The Morgan fingerprint density at radius 1 is 1.22 bits per heavy atom. The Labute approximate surface area is 136 Å². The molecule has 1 fully saturated rings. The number of rotatable bonds is 10. The number of amides is 3. The summed E-state index contributed by atoms with van der Waals surface area (Å²) >= 11 is 0. The molecule has 134 valence electrons. The number of hydrogen-bond acceptors (Lipinski definition) is 6. The number of carbonyl (C=O) groups is 2. The van der Waals surface area contributed by atoms with Crippen LogP contribution in [0, 0.1) is 0 Å². The molecule has 1 aliphatic rings. The van der Waals surface area contributed by atoms with Crippen LogP contribution < -0.4 is 10.1 Å². The molecule has 0 aromatic rings. The van der Waals surface area contributed by atoms with E-state index in [2.05, 4.69) is 5.32 Å². The average molecular weight is 352 g/mol. The molecular formula is C12H24N4O6S. The van der Waals surface area contributed by atoms with Gasteiger partial charge in [-0.1, -0.05) is 6.92 Å². The van der Waals surface area contributed by atoms with Gasteiger partial charge in [0.05, 0.1) is 13.2 Å². The maximum atomic E-state index is 12.4. The number of nitrogens with one attached hydrogen (secondary N) is 2. The Hall–Kier alpha value is -1.27. The van der Waals surface area contributed by atoms with Gasteiger partial charge < -0.3 is 14.8 Å². The van der Waals surface area contributed by atoms with Crippen molar-refractivity contribution in [2.24, 2.45) is 0 Å². The summed E-state index contributed by atoms with van der Waals surface area (Å²) in [6.45, 7) is 3.71. The zero-order valence-corrected chi connectivity index (χ0v) is 14.6. The molecule has 0 radical (unpaired) electrons. The van der Waals surface area contributed by atoms with Crippen molar-refractivity contribution >= 4 is 22.1 Å². The summed E-state index contributed by atoms with van der Waals surface area (Å²) in [6.07, 6.45) is 0.340. The van der Waals surface area contributed by atoms with Crippen LogP contribution in [0.3, 0.4) is 0 Å². The molecule has 0 bridgehead atoms. The van der Waals surface area contributed by atoms with E-state index in [1.165, 1.54) is 21.1 Å². The summed E-state index contributed by atoms with van der Waals surface area (Å²) in [5.74, 6) is -0.646. The predicted octanol–water partition coefficient (Wildman–Crippen LogP) is -0.949. The van der Waals surface area contributed by atoms with Gasteiger partial charge in [0.25, 0.3) is 16.1 Å². The number of imide groups is 1. The molecule has 1 saturated heterocycles. The molecule has 0 spiro atoms. The van der Waals surface area contributed by atoms with Gasteiger partial charge in [-0.15, -0.1) is 4.83 Å². The van der Waals surface area contributed by atoms with Crippen molar-refractivity contribution in [1.82, 2.24) is 19.5 Å². The summed E-state index contributed by atoms with van der Waals surface area (Å²) in [4.78, 5) is 26.2. The van der Waals surface area contributed by atoms with Gasteiger partial charge >= 0.3 is 6.03 Å². The molecule has 1 rings (SSSR count). The van der Waals surface area contributed by atoms with E-state index in [1.54, 1.807) is 6.92 Å². The van der Waals surface area contributed by atoms with Crippen molar-refractivity contribution in [3.8, 4) is 0 Å². The molecule has 2 N–H and O–H groups in total. The lowest BCUT2D eigenvalue weighted by molar-refractivity contribution is -0.132. The van der Waals surface area contributed by atoms with Gasteiger partial charge in [0.2, 0.25) is 0 Å². The Kier molecular flexibility index (Phi) is 6.89. The lowest BCUT2D eigenvalue weighted by Crippen LogP contribution is -2.54. The summed E-state index contributed by atoms with van der Waals surface area (Å²) < 4.78 is 35.6. The predicted molar refractivity (Wildman–Crippen MR) is 81.5 cm³/mol. The third-order valence-corrected chi connectivity index (χ3v) is 5.06. The summed E-state index contributed by atoms with van der Waals surface area (Å²) in [5.41, 5.74) is -1.12. The smallest absolute Gasteiger partial charge is 0.340 e. The molecule has 23 heavy (non-hydrogen) atoms. The highest BCUT2D eigenvalue weighted by atomic mass is 32.2. The van der Waals surface area contributed by atoms with Gasteiger partial charge in [0.15, 0.2) is 0 Å². The van der Waals surface area contributed by atoms with Crippen LogP contribution in [0.15, 0.2) is 0 Å². The van der Waals surface area contributed by atoms with E-state index in [9.17, 15) is 18.0 Å². The average Bonchev–Trinajstić information content (AvgIpc) is 2.71. The third kappa shape index (κ3) is 4.61. The first-order valence-corrected chi connectivity index (χ1v) is 8.58. The van der Waals surface area contributed by atoms with Crippen molar-refractivity contribution in [2.45, 2.75) is 25.8 Å². The minimum atomic E-state index is -4.11. The van der Waals surface area contributed by atoms with Crippen LogP contribution in [0.5, 0.6) is 0 Å². The second-order valence-electron chi connectivity index (χ2n) is 5.24. The fourth-order valence-electron chi connectivity index (χ4n) is 1.92. The summed E-state index contributed by atoms with van der Waals surface area (Å²) in [5, 5.41) is 2.96. The lowest BCUT2D eigenvalue weighted by atomic mass is 10.00. The second-order valence-corrected chi connectivity index (χ2v) is 6.89. The molecule has 1 aliphatic heterocycles. The first kappa shape index (κ1) is 19.8. The van der Waals surface area contributed by atoms with Gasteiger partial charge in [0.1, 0.15) is 5.54 Å². The monoisotopic (exact) mass is 352 g/mol. The minimum absolute atomic E-state index is 0.0594. The molecule has 0 aliphatic carbocycles. The zero-order chi connectivity index (χ0) is 17.7. The zero-order valence-electron chi connectivity index (χ0n) is 13.8. The third-order valence-electron chi connectivity index (χ3n) is 3.60. The largest absolute Gasteiger partial charge is 0.383 e. The number of hydrogen-bond donors (Lipinski definition) is 2. The van der Waals surface area contributed by atoms with E-state index in [4.69, 9.17) is 9.47 Å². The van der Waals surface area contributed by atoms with Crippen molar-refractivity contribution in [2.75, 3.05) is 40.5 Å². The number of hydrazine groups is 1. The summed E-state index contributed by atoms with van der Waals surface area (Å²) in [6, 6.07) is -0.804. The second kappa shape index (κ2) is 8.02. The molecule has 1 atom stereocenters. The first-order valence-electron chi connectivity index (χ1n) is 7.14. The molecule has 11 heteroatoms. The van der Waals surface area contributed by atoms with Crippen molar-refractivity contribution in [3.05, 3.63) is 0 Å². The SMILES string of the molecule is CC[C@@]1(C)NC(=O)N(NS(=O)(=O)N(CCOC)CCOC)C1=O. The van der Waals surface area contributed by atoms with Gasteiger partial charge in [-0.3, -0.25) is 4.79 Å². The minimum Gasteiger partial charge on any atom is -0.383 e. The van der Waals surface area contributed by atoms with Crippen LogP contribution in [0.2, 0.25) is 0 Å². The van der Waals surface area contributed by atoms with Crippen LogP contribution in [0.1, 0.15) is 20.3 Å². The van der Waals surface area contributed by atoms with E-state index < -0.39 is 27.7 Å².